The average molecular weight is 503 g/mol. The Morgan fingerprint density at radius 1 is 0.974 bits per heavy atom. The predicted molar refractivity (Wildman–Crippen MR) is 151 cm³/mol. The molecule has 1 amide bonds. The molecule has 1 saturated heterocycles. The first-order valence-corrected chi connectivity index (χ1v) is 11.2. The molecule has 1 aliphatic rings. The molecule has 1 N–H and O–H groups in total. The van der Waals surface area contributed by atoms with Crippen molar-refractivity contribution in [2.75, 3.05) is 13.1 Å². The third-order valence-corrected chi connectivity index (χ3v) is 6.44. The smallest absolute Gasteiger partial charge is 0.253 e. The summed E-state index contributed by atoms with van der Waals surface area (Å²) < 4.78 is 30.5. The summed E-state index contributed by atoms with van der Waals surface area (Å²) in [6.45, 7) is -1.41. The molecule has 5 nitrogen and oxygen atoms in total. The second-order valence-electron chi connectivity index (χ2n) is 9.62. The monoisotopic (exact) mass is 504 g/mol. The van der Waals surface area contributed by atoms with Crippen LogP contribution in [0.3, 0.4) is 0 Å². The highest BCUT2D eigenvalue weighted by Crippen LogP contribution is 2.58. The van der Waals surface area contributed by atoms with Gasteiger partial charge in [0.25, 0.3) is 5.91 Å². The fourth-order valence-corrected chi connectivity index (χ4v) is 4.49. The first-order valence-electron chi connectivity index (χ1n) is 10.8. The van der Waals surface area contributed by atoms with Crippen molar-refractivity contribution in [1.29, 1.82) is 0 Å². The number of benzene rings is 1. The minimum atomic E-state index is -3.31. The van der Waals surface area contributed by atoms with Crippen molar-refractivity contribution in [2.24, 2.45) is 0 Å². The van der Waals surface area contributed by atoms with Crippen molar-refractivity contribution in [3.8, 4) is 0 Å². The number of likely N-dealkylation sites (tertiary alicyclic amines) is 1. The molecule has 19 heteroatoms. The van der Waals surface area contributed by atoms with Crippen LogP contribution in [0.1, 0.15) is 21.7 Å². The number of carbonyl (C=O) groups is 1. The SMILES string of the molecule is [B]C([B])([B])c1cnc(C([B])([B])NC([B])([B])C2(F)C([B])([B])CN(C(=O)c3ccc(F)c(Cl)c3)CC2([B])[B])nc1. The van der Waals surface area contributed by atoms with Crippen LogP contribution in [0, 0.1) is 5.82 Å². The van der Waals surface area contributed by atoms with Crippen LogP contribution in [-0.2, 0) is 10.5 Å². The zero-order chi connectivity index (χ0) is 29.1. The van der Waals surface area contributed by atoms with Crippen LogP contribution in [-0.4, -0.2) is 131 Å². The number of carbonyl (C=O) groups excluding carboxylic acids is 1. The van der Waals surface area contributed by atoms with E-state index in [9.17, 15) is 9.18 Å². The van der Waals surface area contributed by atoms with Gasteiger partial charge in [0.1, 0.15) is 11.6 Å². The number of alkyl halides is 1. The summed E-state index contributed by atoms with van der Waals surface area (Å²) >= 11 is 5.76. The van der Waals surface area contributed by atoms with E-state index in [0.717, 1.165) is 35.5 Å². The largest absolute Gasteiger partial charge is 0.340 e. The molecule has 0 saturated carbocycles. The molecule has 166 valence electrons. The van der Waals surface area contributed by atoms with Crippen LogP contribution in [0.25, 0.3) is 0 Å². The summed E-state index contributed by atoms with van der Waals surface area (Å²) in [5, 5.41) is -10.2. The van der Waals surface area contributed by atoms with Crippen molar-refractivity contribution in [2.45, 2.75) is 31.9 Å². The van der Waals surface area contributed by atoms with Crippen LogP contribution in [0.5, 0.6) is 0 Å². The second-order valence-corrected chi connectivity index (χ2v) is 10.0. The van der Waals surface area contributed by atoms with E-state index >= 15 is 4.39 Å². The second kappa shape index (κ2) is 9.90. The summed E-state index contributed by atoms with van der Waals surface area (Å²) in [4.78, 5) is 21.8. The minimum Gasteiger partial charge on any atom is -0.340 e. The highest BCUT2D eigenvalue weighted by molar-refractivity contribution is 6.59. The van der Waals surface area contributed by atoms with E-state index in [1.54, 1.807) is 0 Å². The van der Waals surface area contributed by atoms with Crippen LogP contribution in [0.15, 0.2) is 30.6 Å². The van der Waals surface area contributed by atoms with E-state index in [4.69, 9.17) is 97.9 Å². The van der Waals surface area contributed by atoms with Crippen LogP contribution >= 0.6 is 11.6 Å². The summed E-state index contributed by atoms with van der Waals surface area (Å²) in [5.41, 5.74) is -3.27. The normalized spacial score (nSPS) is 19.1. The average Bonchev–Trinajstić information content (AvgIpc) is 2.76. The topological polar surface area (TPSA) is 58.1 Å². The Hall–Kier alpha value is -1.41. The maximum Gasteiger partial charge on any atom is 0.253 e. The van der Waals surface area contributed by atoms with Crippen molar-refractivity contribution >= 4 is 104 Å². The van der Waals surface area contributed by atoms with E-state index in [0.29, 0.717) is 0 Å². The van der Waals surface area contributed by atoms with E-state index in [2.05, 4.69) is 15.3 Å². The molecular weight excluding hydrogens is 493 g/mol. The lowest BCUT2D eigenvalue weighted by Gasteiger charge is -2.66. The molecule has 0 bridgehead atoms. The van der Waals surface area contributed by atoms with Gasteiger partial charge in [-0.25, -0.2) is 18.7 Å². The number of nitrogens with zero attached hydrogens (tertiary/aromatic N) is 3. The Bertz CT molecular complexity index is 1210. The number of hydrogen-bond acceptors (Lipinski definition) is 4. The molecule has 3 rings (SSSR count). The number of nitrogens with one attached hydrogen (secondary N) is 1. The van der Waals surface area contributed by atoms with E-state index in [-0.39, 0.29) is 22.0 Å². The zero-order valence-electron chi connectivity index (χ0n) is 20.0. The fourth-order valence-electron chi connectivity index (χ4n) is 4.31. The third kappa shape index (κ3) is 5.46. The molecule has 0 spiro atoms. The van der Waals surface area contributed by atoms with Gasteiger partial charge >= 0.3 is 0 Å². The molecule has 0 unspecified atom stereocenters. The van der Waals surface area contributed by atoms with Gasteiger partial charge in [-0.2, -0.15) is 0 Å². The van der Waals surface area contributed by atoms with Crippen molar-refractivity contribution in [1.82, 2.24) is 20.2 Å². The number of halogens is 3. The van der Waals surface area contributed by atoms with Gasteiger partial charge in [-0.15, -0.1) is 5.11 Å². The molecule has 1 aromatic heterocycles. The third-order valence-electron chi connectivity index (χ3n) is 6.15. The number of aromatic nitrogens is 2. The number of hydrogen-bond donors (Lipinski definition) is 1. The summed E-state index contributed by atoms with van der Waals surface area (Å²) in [7, 11) is 65.5. The Labute approximate surface area is 240 Å². The van der Waals surface area contributed by atoms with Crippen molar-refractivity contribution < 1.29 is 13.6 Å². The first kappa shape index (κ1) is 31.1. The summed E-state index contributed by atoms with van der Waals surface area (Å²) in [5.74, 6) is -1.89. The van der Waals surface area contributed by atoms with E-state index in [1.807, 2.05) is 0 Å². The highest BCUT2D eigenvalue weighted by atomic mass is 35.5. The van der Waals surface area contributed by atoms with Gasteiger partial charge in [-0.3, -0.25) is 4.79 Å². The maximum absolute atomic E-state index is 16.9. The number of piperidine rings is 1. The minimum absolute atomic E-state index is 0.0702. The highest BCUT2D eigenvalue weighted by Gasteiger charge is 2.65. The van der Waals surface area contributed by atoms with Crippen molar-refractivity contribution in [3.05, 3.63) is 58.4 Å². The van der Waals surface area contributed by atoms with Gasteiger partial charge in [0.05, 0.1) is 97.0 Å². The molecule has 1 aromatic carbocycles. The molecule has 22 radical (unpaired) electrons. The van der Waals surface area contributed by atoms with Gasteiger partial charge in [0.15, 0.2) is 0 Å². The lowest BCUT2D eigenvalue weighted by Crippen LogP contribution is -2.79. The predicted octanol–water partition coefficient (Wildman–Crippen LogP) is -2.32. The number of rotatable bonds is 6. The van der Waals surface area contributed by atoms with Crippen molar-refractivity contribution in [3.63, 3.8) is 0 Å². The Morgan fingerprint density at radius 3 is 1.92 bits per heavy atom. The lowest BCUT2D eigenvalue weighted by atomic mass is 9.24. The standard InChI is InChI=1S/C19H10B11ClF2N4O/c20-14(21)6-37(12(38)8-1-2-11(32)10(31)3-8)7-15(22,23)18(14,33)19(29,30)36-17(27,28)13-34-4-9(5-35-13)16(24,25)26/h1-5,36H,6-7H2. The van der Waals surface area contributed by atoms with Gasteiger partial charge < -0.3 is 10.2 Å². The lowest BCUT2D eigenvalue weighted by molar-refractivity contribution is 0.00522. The molecular formula is C19H10B11ClF2N4O. The maximum atomic E-state index is 16.9. The van der Waals surface area contributed by atoms with Crippen LogP contribution in [0.4, 0.5) is 8.78 Å². The van der Waals surface area contributed by atoms with Gasteiger partial charge in [-0.1, -0.05) is 11.6 Å². The molecule has 38 heavy (non-hydrogen) atoms. The van der Waals surface area contributed by atoms with E-state index < -0.39 is 56.7 Å². The summed E-state index contributed by atoms with van der Waals surface area (Å²) in [6.07, 6.45) is 2.24. The molecule has 1 aliphatic heterocycles. The van der Waals surface area contributed by atoms with Crippen LogP contribution < -0.4 is 5.32 Å². The molecule has 1 fully saturated rings. The Balaban J connectivity index is 1.93. The Kier molecular flexibility index (Phi) is 8.11. The fraction of sp³-hybridized carbons (Fsp3) is 0.421. The summed E-state index contributed by atoms with van der Waals surface area (Å²) in [6, 6.07) is 3.17. The van der Waals surface area contributed by atoms with Gasteiger partial charge in [-0.05, 0) is 44.9 Å². The molecule has 0 atom stereocenters. The quantitative estimate of drug-likeness (QED) is 0.451. The van der Waals surface area contributed by atoms with Gasteiger partial charge in [0.2, 0.25) is 0 Å². The first-order chi connectivity index (χ1) is 17.1. The Morgan fingerprint density at radius 2 is 1.47 bits per heavy atom. The van der Waals surface area contributed by atoms with E-state index in [1.165, 1.54) is 0 Å². The molecule has 2 heterocycles. The number of amides is 1. The van der Waals surface area contributed by atoms with Crippen LogP contribution in [0.2, 0.25) is 15.5 Å². The molecule has 0 aliphatic carbocycles. The zero-order valence-corrected chi connectivity index (χ0v) is 20.8. The van der Waals surface area contributed by atoms with Gasteiger partial charge in [0, 0.05) is 31.0 Å². The molecule has 2 aromatic rings.